The van der Waals surface area contributed by atoms with Crippen LogP contribution in [0.3, 0.4) is 0 Å². The van der Waals surface area contributed by atoms with Crippen LogP contribution in [0.25, 0.3) is 21.7 Å². The molecule has 0 aliphatic carbocycles. The molecule has 0 N–H and O–H groups in total. The van der Waals surface area contributed by atoms with Crippen LogP contribution in [-0.2, 0) is 6.42 Å². The van der Waals surface area contributed by atoms with Crippen molar-refractivity contribution in [3.63, 3.8) is 0 Å². The van der Waals surface area contributed by atoms with Crippen LogP contribution >= 0.6 is 0 Å². The van der Waals surface area contributed by atoms with Crippen molar-refractivity contribution >= 4 is 21.7 Å². The number of hydrogen-bond donors (Lipinski definition) is 0. The van der Waals surface area contributed by atoms with Gasteiger partial charge in [-0.1, -0.05) is 74.9 Å². The number of benzene rings is 2. The van der Waals surface area contributed by atoms with Gasteiger partial charge in [0.25, 0.3) is 0 Å². The van der Waals surface area contributed by atoms with E-state index in [4.69, 9.17) is 4.42 Å². The van der Waals surface area contributed by atoms with Gasteiger partial charge in [0, 0.05) is 17.2 Å². The van der Waals surface area contributed by atoms with Crippen molar-refractivity contribution in [2.24, 2.45) is 0 Å². The van der Waals surface area contributed by atoms with Gasteiger partial charge in [-0.05, 0) is 30.2 Å². The van der Waals surface area contributed by atoms with Crippen LogP contribution in [0.5, 0.6) is 0 Å². The Hall–Kier alpha value is -2.53. The van der Waals surface area contributed by atoms with Gasteiger partial charge >= 0.3 is 5.63 Å². The molecule has 0 atom stereocenters. The van der Waals surface area contributed by atoms with Crippen molar-refractivity contribution in [1.82, 2.24) is 0 Å². The molecule has 0 amide bonds. The normalized spacial score (nSPS) is 10.8. The molecule has 1 aromatic heterocycles. The highest BCUT2D eigenvalue weighted by atomic mass is 16.4. The molecular formula is C23H24O2. The van der Waals surface area contributed by atoms with Gasteiger partial charge in [-0.15, -0.1) is 0 Å². The zero-order valence-corrected chi connectivity index (χ0v) is 15.0. The third kappa shape index (κ3) is 3.61. The topological polar surface area (TPSA) is 30.2 Å². The van der Waals surface area contributed by atoms with Gasteiger partial charge < -0.3 is 4.42 Å². The Morgan fingerprint density at radius 3 is 2.56 bits per heavy atom. The number of aryl methyl sites for hydroxylation is 1. The van der Waals surface area contributed by atoms with Crippen molar-refractivity contribution in [2.45, 2.75) is 52.4 Å². The minimum absolute atomic E-state index is 0.307. The van der Waals surface area contributed by atoms with Gasteiger partial charge in [-0.25, -0.2) is 4.79 Å². The van der Waals surface area contributed by atoms with Crippen molar-refractivity contribution in [3.8, 4) is 11.8 Å². The molecule has 25 heavy (non-hydrogen) atoms. The third-order valence-electron chi connectivity index (χ3n) is 4.55. The standard InChI is InChI=1S/C23H24O2/c1-3-5-7-8-14-21-19(12-6-4-2)20-16-15-17-11-9-10-13-18(17)22(20)25-23(21)24/h9-11,13,15-16H,3-7,12H2,1-2H3. The van der Waals surface area contributed by atoms with E-state index in [1.807, 2.05) is 24.3 Å². The van der Waals surface area contributed by atoms with Crippen molar-refractivity contribution in [3.05, 3.63) is 57.9 Å². The number of hydrogen-bond acceptors (Lipinski definition) is 2. The largest absolute Gasteiger partial charge is 0.421 e. The van der Waals surface area contributed by atoms with E-state index in [0.717, 1.165) is 60.2 Å². The van der Waals surface area contributed by atoms with Crippen LogP contribution in [0.15, 0.2) is 45.6 Å². The monoisotopic (exact) mass is 332 g/mol. The van der Waals surface area contributed by atoms with Crippen LogP contribution in [-0.4, -0.2) is 0 Å². The maximum atomic E-state index is 12.7. The average Bonchev–Trinajstić information content (AvgIpc) is 2.64. The molecule has 3 rings (SSSR count). The molecular weight excluding hydrogens is 308 g/mol. The minimum atomic E-state index is -0.307. The van der Waals surface area contributed by atoms with Gasteiger partial charge in [0.05, 0.1) is 0 Å². The van der Waals surface area contributed by atoms with E-state index in [0.29, 0.717) is 11.1 Å². The van der Waals surface area contributed by atoms with Crippen LogP contribution in [0.1, 0.15) is 57.1 Å². The quantitative estimate of drug-likeness (QED) is 0.255. The van der Waals surface area contributed by atoms with Gasteiger partial charge in [-0.2, -0.15) is 0 Å². The Morgan fingerprint density at radius 2 is 1.76 bits per heavy atom. The molecule has 0 fully saturated rings. The molecule has 0 spiro atoms. The van der Waals surface area contributed by atoms with Crippen LogP contribution in [0, 0.1) is 11.8 Å². The molecule has 1 heterocycles. The zero-order valence-electron chi connectivity index (χ0n) is 15.0. The summed E-state index contributed by atoms with van der Waals surface area (Å²) in [4.78, 5) is 12.7. The molecule has 2 nitrogen and oxygen atoms in total. The lowest BCUT2D eigenvalue weighted by atomic mass is 9.97. The second-order valence-corrected chi connectivity index (χ2v) is 6.42. The summed E-state index contributed by atoms with van der Waals surface area (Å²) < 4.78 is 5.73. The lowest BCUT2D eigenvalue weighted by Crippen LogP contribution is -2.09. The predicted octanol–water partition coefficient (Wildman–Crippen LogP) is 5.83. The summed E-state index contributed by atoms with van der Waals surface area (Å²) >= 11 is 0. The minimum Gasteiger partial charge on any atom is -0.421 e. The molecule has 128 valence electrons. The van der Waals surface area contributed by atoms with Crippen molar-refractivity contribution < 1.29 is 4.42 Å². The molecule has 0 unspecified atom stereocenters. The first kappa shape index (κ1) is 17.3. The van der Waals surface area contributed by atoms with Crippen molar-refractivity contribution in [1.29, 1.82) is 0 Å². The van der Waals surface area contributed by atoms with E-state index in [2.05, 4.69) is 37.8 Å². The van der Waals surface area contributed by atoms with Gasteiger partial charge in [0.2, 0.25) is 0 Å². The second kappa shape index (κ2) is 8.03. The summed E-state index contributed by atoms with van der Waals surface area (Å²) in [5.41, 5.74) is 1.97. The van der Waals surface area contributed by atoms with Crippen molar-refractivity contribution in [2.75, 3.05) is 0 Å². The summed E-state index contributed by atoms with van der Waals surface area (Å²) in [6.07, 6.45) is 5.96. The highest BCUT2D eigenvalue weighted by Gasteiger charge is 2.14. The molecule has 2 aromatic carbocycles. The number of rotatable bonds is 5. The molecule has 3 aromatic rings. The number of unbranched alkanes of at least 4 members (excludes halogenated alkanes) is 3. The van der Waals surface area contributed by atoms with Crippen LogP contribution in [0.4, 0.5) is 0 Å². The number of fused-ring (bicyclic) bond motifs is 3. The van der Waals surface area contributed by atoms with E-state index >= 15 is 0 Å². The summed E-state index contributed by atoms with van der Waals surface area (Å²) in [6, 6.07) is 12.2. The molecule has 2 heteroatoms. The first-order valence-corrected chi connectivity index (χ1v) is 9.22. The first-order valence-electron chi connectivity index (χ1n) is 9.22. The van der Waals surface area contributed by atoms with E-state index in [-0.39, 0.29) is 5.63 Å². The fourth-order valence-corrected chi connectivity index (χ4v) is 3.15. The maximum absolute atomic E-state index is 12.7. The van der Waals surface area contributed by atoms with Gasteiger partial charge in [0.1, 0.15) is 11.1 Å². The molecule has 0 saturated heterocycles. The molecule has 0 aliphatic heterocycles. The Bertz CT molecular complexity index is 999. The third-order valence-corrected chi connectivity index (χ3v) is 4.55. The average molecular weight is 332 g/mol. The predicted molar refractivity (Wildman–Crippen MR) is 105 cm³/mol. The maximum Gasteiger partial charge on any atom is 0.352 e. The second-order valence-electron chi connectivity index (χ2n) is 6.42. The Labute approximate surface area is 148 Å². The molecule has 0 saturated carbocycles. The van der Waals surface area contributed by atoms with Crippen LogP contribution < -0.4 is 5.63 Å². The fourth-order valence-electron chi connectivity index (χ4n) is 3.15. The van der Waals surface area contributed by atoms with Gasteiger partial charge in [-0.3, -0.25) is 0 Å². The van der Waals surface area contributed by atoms with E-state index < -0.39 is 0 Å². The fraction of sp³-hybridized carbons (Fsp3) is 0.348. The summed E-state index contributed by atoms with van der Waals surface area (Å²) in [5.74, 6) is 6.26. The smallest absolute Gasteiger partial charge is 0.352 e. The molecule has 0 aliphatic rings. The Morgan fingerprint density at radius 1 is 0.960 bits per heavy atom. The highest BCUT2D eigenvalue weighted by molar-refractivity contribution is 6.05. The lowest BCUT2D eigenvalue weighted by Gasteiger charge is -2.10. The zero-order chi connectivity index (χ0) is 17.6. The summed E-state index contributed by atoms with van der Waals surface area (Å²) in [5, 5.41) is 3.09. The molecule has 0 bridgehead atoms. The van der Waals surface area contributed by atoms with Crippen LogP contribution in [0.2, 0.25) is 0 Å². The highest BCUT2D eigenvalue weighted by Crippen LogP contribution is 2.28. The summed E-state index contributed by atoms with van der Waals surface area (Å²) in [7, 11) is 0. The summed E-state index contributed by atoms with van der Waals surface area (Å²) in [6.45, 7) is 4.31. The molecule has 0 radical (unpaired) electrons. The van der Waals surface area contributed by atoms with E-state index in [1.54, 1.807) is 0 Å². The van der Waals surface area contributed by atoms with E-state index in [1.165, 1.54) is 0 Å². The first-order chi connectivity index (χ1) is 12.3. The van der Waals surface area contributed by atoms with E-state index in [9.17, 15) is 4.79 Å². The Balaban J connectivity index is 2.24. The lowest BCUT2D eigenvalue weighted by molar-refractivity contribution is 0.558. The Kier molecular flexibility index (Phi) is 5.56. The van der Waals surface area contributed by atoms with Gasteiger partial charge in [0.15, 0.2) is 0 Å². The SMILES string of the molecule is CCCCC#Cc1c(CCCC)c2ccc3ccccc3c2oc1=O.